The third kappa shape index (κ3) is 3.14. The van der Waals surface area contributed by atoms with Gasteiger partial charge in [0.05, 0.1) is 6.20 Å². The molecule has 2 rings (SSSR count). The first-order valence-electron chi connectivity index (χ1n) is 7.47. The maximum Gasteiger partial charge on any atom is 0.0524 e. The highest BCUT2D eigenvalue weighted by Gasteiger charge is 2.30. The Morgan fingerprint density at radius 3 is 2.89 bits per heavy atom. The van der Waals surface area contributed by atoms with Crippen molar-refractivity contribution in [3.05, 3.63) is 18.0 Å². The molecule has 0 aliphatic heterocycles. The quantitative estimate of drug-likeness (QED) is 0.869. The van der Waals surface area contributed by atoms with E-state index < -0.39 is 0 Å². The van der Waals surface area contributed by atoms with E-state index in [1.807, 2.05) is 0 Å². The molecule has 0 bridgehead atoms. The van der Waals surface area contributed by atoms with Crippen LogP contribution in [0.4, 0.5) is 0 Å². The second-order valence-electron chi connectivity index (χ2n) is 5.72. The minimum atomic E-state index is 0.702. The van der Waals surface area contributed by atoms with E-state index in [9.17, 15) is 0 Å². The molecule has 3 heteroatoms. The zero-order chi connectivity index (χ0) is 13.0. The third-order valence-corrected chi connectivity index (χ3v) is 4.32. The molecule has 1 aliphatic rings. The normalized spacial score (nSPS) is 28.5. The maximum absolute atomic E-state index is 4.45. The highest BCUT2D eigenvalue weighted by atomic mass is 15.3. The van der Waals surface area contributed by atoms with Gasteiger partial charge in [-0.3, -0.25) is 4.68 Å². The Morgan fingerprint density at radius 2 is 2.22 bits per heavy atom. The van der Waals surface area contributed by atoms with Crippen LogP contribution in [0.5, 0.6) is 0 Å². The van der Waals surface area contributed by atoms with E-state index in [1.54, 1.807) is 0 Å². The SMILES string of the molecule is CCNCC1CCC(C)CC1c1cnn(CC)c1. The Morgan fingerprint density at radius 1 is 1.39 bits per heavy atom. The van der Waals surface area contributed by atoms with Crippen LogP contribution in [0, 0.1) is 11.8 Å². The molecule has 3 atom stereocenters. The van der Waals surface area contributed by atoms with E-state index >= 15 is 0 Å². The van der Waals surface area contributed by atoms with Crippen molar-refractivity contribution in [2.75, 3.05) is 13.1 Å². The predicted octanol–water partition coefficient (Wildman–Crippen LogP) is 3.03. The molecule has 0 saturated heterocycles. The van der Waals surface area contributed by atoms with Crippen molar-refractivity contribution in [1.82, 2.24) is 15.1 Å². The van der Waals surface area contributed by atoms with Gasteiger partial charge >= 0.3 is 0 Å². The van der Waals surface area contributed by atoms with Crippen molar-refractivity contribution < 1.29 is 0 Å². The molecule has 1 N–H and O–H groups in total. The lowest BCUT2D eigenvalue weighted by Gasteiger charge is -2.34. The van der Waals surface area contributed by atoms with Crippen LogP contribution in [0.25, 0.3) is 0 Å². The second-order valence-corrected chi connectivity index (χ2v) is 5.72. The van der Waals surface area contributed by atoms with E-state index in [0.29, 0.717) is 5.92 Å². The van der Waals surface area contributed by atoms with Crippen LogP contribution in [-0.2, 0) is 6.54 Å². The van der Waals surface area contributed by atoms with Gasteiger partial charge in [-0.05, 0) is 56.2 Å². The molecule has 1 aromatic heterocycles. The monoisotopic (exact) mass is 249 g/mol. The molecule has 3 nitrogen and oxygen atoms in total. The smallest absolute Gasteiger partial charge is 0.0524 e. The van der Waals surface area contributed by atoms with Gasteiger partial charge in [-0.15, -0.1) is 0 Å². The first kappa shape index (κ1) is 13.6. The minimum Gasteiger partial charge on any atom is -0.317 e. The Kier molecular flexibility index (Phi) is 4.81. The van der Waals surface area contributed by atoms with Crippen LogP contribution in [0.3, 0.4) is 0 Å². The third-order valence-electron chi connectivity index (χ3n) is 4.32. The minimum absolute atomic E-state index is 0.702. The van der Waals surface area contributed by atoms with Crippen molar-refractivity contribution >= 4 is 0 Å². The molecule has 0 radical (unpaired) electrons. The molecule has 1 aliphatic carbocycles. The highest BCUT2D eigenvalue weighted by Crippen LogP contribution is 2.40. The lowest BCUT2D eigenvalue weighted by molar-refractivity contribution is 0.242. The molecule has 1 saturated carbocycles. The van der Waals surface area contributed by atoms with Crippen molar-refractivity contribution in [2.45, 2.75) is 52.5 Å². The molecule has 18 heavy (non-hydrogen) atoms. The molecule has 3 unspecified atom stereocenters. The van der Waals surface area contributed by atoms with E-state index in [2.05, 4.69) is 48.3 Å². The summed E-state index contributed by atoms with van der Waals surface area (Å²) in [6.07, 6.45) is 8.41. The van der Waals surface area contributed by atoms with Gasteiger partial charge in [0.15, 0.2) is 0 Å². The molecule has 1 fully saturated rings. The molecular weight excluding hydrogens is 222 g/mol. The Hall–Kier alpha value is -0.830. The van der Waals surface area contributed by atoms with E-state index in [0.717, 1.165) is 31.5 Å². The number of rotatable bonds is 5. The fourth-order valence-corrected chi connectivity index (χ4v) is 3.17. The lowest BCUT2D eigenvalue weighted by atomic mass is 9.72. The van der Waals surface area contributed by atoms with Gasteiger partial charge in [-0.1, -0.05) is 20.3 Å². The Bertz CT molecular complexity index is 356. The van der Waals surface area contributed by atoms with Crippen molar-refractivity contribution in [3.63, 3.8) is 0 Å². The summed E-state index contributed by atoms with van der Waals surface area (Å²) in [5, 5.41) is 7.97. The average molecular weight is 249 g/mol. The van der Waals surface area contributed by atoms with Gasteiger partial charge in [0.1, 0.15) is 0 Å². The van der Waals surface area contributed by atoms with Gasteiger partial charge in [0, 0.05) is 12.7 Å². The summed E-state index contributed by atoms with van der Waals surface area (Å²) in [5.74, 6) is 2.35. The van der Waals surface area contributed by atoms with Crippen LogP contribution in [0.1, 0.15) is 51.5 Å². The van der Waals surface area contributed by atoms with Gasteiger partial charge < -0.3 is 5.32 Å². The zero-order valence-electron chi connectivity index (χ0n) is 12.0. The number of nitrogens with one attached hydrogen (secondary N) is 1. The number of hydrogen-bond donors (Lipinski definition) is 1. The van der Waals surface area contributed by atoms with Gasteiger partial charge in [0.2, 0.25) is 0 Å². The van der Waals surface area contributed by atoms with Gasteiger partial charge in [-0.2, -0.15) is 5.10 Å². The Labute approximate surface area is 111 Å². The van der Waals surface area contributed by atoms with E-state index in [1.165, 1.54) is 24.8 Å². The molecule has 0 spiro atoms. The topological polar surface area (TPSA) is 29.9 Å². The predicted molar refractivity (Wildman–Crippen MR) is 75.7 cm³/mol. The number of aromatic nitrogens is 2. The van der Waals surface area contributed by atoms with Crippen LogP contribution in [0.2, 0.25) is 0 Å². The van der Waals surface area contributed by atoms with Crippen LogP contribution in [0.15, 0.2) is 12.4 Å². The molecule has 0 amide bonds. The summed E-state index contributed by atoms with van der Waals surface area (Å²) in [4.78, 5) is 0. The lowest BCUT2D eigenvalue weighted by Crippen LogP contribution is -2.31. The summed E-state index contributed by atoms with van der Waals surface area (Å²) >= 11 is 0. The standard InChI is InChI=1S/C15H27N3/c1-4-16-9-13-7-6-12(3)8-15(13)14-10-17-18(5-2)11-14/h10-13,15-16H,4-9H2,1-3H3. The number of nitrogens with zero attached hydrogens (tertiary/aromatic N) is 2. The van der Waals surface area contributed by atoms with Gasteiger partial charge in [-0.25, -0.2) is 0 Å². The molecule has 1 aromatic rings. The van der Waals surface area contributed by atoms with E-state index in [4.69, 9.17) is 0 Å². The Balaban J connectivity index is 2.08. The van der Waals surface area contributed by atoms with Crippen LogP contribution in [-0.4, -0.2) is 22.9 Å². The summed E-state index contributed by atoms with van der Waals surface area (Å²) in [7, 11) is 0. The van der Waals surface area contributed by atoms with Crippen LogP contribution >= 0.6 is 0 Å². The molecule has 0 aromatic carbocycles. The number of aryl methyl sites for hydroxylation is 1. The van der Waals surface area contributed by atoms with Crippen molar-refractivity contribution in [2.24, 2.45) is 11.8 Å². The summed E-state index contributed by atoms with van der Waals surface area (Å²) < 4.78 is 2.05. The largest absolute Gasteiger partial charge is 0.317 e. The first-order valence-corrected chi connectivity index (χ1v) is 7.47. The summed E-state index contributed by atoms with van der Waals surface area (Å²) in [5.41, 5.74) is 1.45. The van der Waals surface area contributed by atoms with Crippen molar-refractivity contribution in [1.29, 1.82) is 0 Å². The van der Waals surface area contributed by atoms with Crippen molar-refractivity contribution in [3.8, 4) is 0 Å². The number of hydrogen-bond acceptors (Lipinski definition) is 2. The maximum atomic E-state index is 4.45. The average Bonchev–Trinajstić information content (AvgIpc) is 2.86. The molecule has 1 heterocycles. The van der Waals surface area contributed by atoms with Crippen LogP contribution < -0.4 is 5.32 Å². The first-order chi connectivity index (χ1) is 8.74. The molecule has 102 valence electrons. The zero-order valence-corrected chi connectivity index (χ0v) is 12.0. The summed E-state index contributed by atoms with van der Waals surface area (Å²) in [6, 6.07) is 0. The van der Waals surface area contributed by atoms with E-state index in [-0.39, 0.29) is 0 Å². The second kappa shape index (κ2) is 6.37. The summed E-state index contributed by atoms with van der Waals surface area (Å²) in [6.45, 7) is 9.94. The van der Waals surface area contributed by atoms with Gasteiger partial charge in [0.25, 0.3) is 0 Å². The molecular formula is C15H27N3. The fourth-order valence-electron chi connectivity index (χ4n) is 3.17. The highest BCUT2D eigenvalue weighted by molar-refractivity contribution is 5.14. The fraction of sp³-hybridized carbons (Fsp3) is 0.800.